The summed E-state index contributed by atoms with van der Waals surface area (Å²) in [5.74, 6) is -0.208. The topological polar surface area (TPSA) is 101 Å². The molecule has 2 amide bonds. The third-order valence-electron chi connectivity index (χ3n) is 2.27. The number of carbonyl (C=O) groups is 2. The maximum atomic E-state index is 11.4. The molecule has 0 bridgehead atoms. The van der Waals surface area contributed by atoms with Crippen LogP contribution in [0.5, 0.6) is 0 Å². The number of nitrogens with zero attached hydrogens (tertiary/aromatic N) is 1. The molecule has 0 aliphatic rings. The number of aromatic amines is 1. The van der Waals surface area contributed by atoms with Crippen LogP contribution in [0.25, 0.3) is 11.3 Å². The Morgan fingerprint density at radius 1 is 1.58 bits per heavy atom. The van der Waals surface area contributed by atoms with E-state index in [1.165, 1.54) is 23.1 Å². The fourth-order valence-electron chi connectivity index (χ4n) is 1.43. The Bertz CT molecular complexity index is 605. The highest BCUT2D eigenvalue weighted by atomic mass is 32.2. The van der Waals surface area contributed by atoms with E-state index >= 15 is 0 Å². The summed E-state index contributed by atoms with van der Waals surface area (Å²) in [6.45, 7) is 0. The summed E-state index contributed by atoms with van der Waals surface area (Å²) in [5, 5.41) is 5.05. The summed E-state index contributed by atoms with van der Waals surface area (Å²) < 4.78 is 0. The number of nitrogens with two attached hydrogens (primary N) is 1. The Hall–Kier alpha value is -1.80. The monoisotopic (exact) mass is 296 g/mol. The number of nitrogens with one attached hydrogen (secondary N) is 2. The molecule has 0 radical (unpaired) electrons. The van der Waals surface area contributed by atoms with Gasteiger partial charge in [0.25, 0.3) is 5.91 Å². The second-order valence-corrected chi connectivity index (χ2v) is 5.41. The molecule has 2 rings (SSSR count). The second-order valence-electron chi connectivity index (χ2n) is 3.69. The van der Waals surface area contributed by atoms with E-state index in [1.54, 1.807) is 12.3 Å². The van der Waals surface area contributed by atoms with Gasteiger partial charge in [-0.1, -0.05) is 0 Å². The molecule has 19 heavy (non-hydrogen) atoms. The highest BCUT2D eigenvalue weighted by Crippen LogP contribution is 2.25. The van der Waals surface area contributed by atoms with Crippen molar-refractivity contribution < 1.29 is 9.59 Å². The standard InChI is InChI=1S/C11H12N4O2S2/c1-18-5-9(16)15-11-14-8(4-19-11)6-2-7(10(12)17)13-3-6/h2-4,13H,5H2,1H3,(H2,12,17)(H,14,15,16). The van der Waals surface area contributed by atoms with Crippen molar-refractivity contribution in [1.29, 1.82) is 0 Å². The van der Waals surface area contributed by atoms with E-state index in [0.29, 0.717) is 22.3 Å². The van der Waals surface area contributed by atoms with Gasteiger partial charge in [0.05, 0.1) is 11.4 Å². The number of amides is 2. The van der Waals surface area contributed by atoms with E-state index in [2.05, 4.69) is 15.3 Å². The summed E-state index contributed by atoms with van der Waals surface area (Å²) in [7, 11) is 0. The van der Waals surface area contributed by atoms with Gasteiger partial charge in [-0.3, -0.25) is 9.59 Å². The van der Waals surface area contributed by atoms with Gasteiger partial charge in [-0.2, -0.15) is 11.8 Å². The Morgan fingerprint density at radius 3 is 3.00 bits per heavy atom. The molecule has 2 aromatic heterocycles. The zero-order valence-corrected chi connectivity index (χ0v) is 11.7. The quantitative estimate of drug-likeness (QED) is 0.779. The van der Waals surface area contributed by atoms with Crippen LogP contribution in [0.4, 0.5) is 5.13 Å². The number of carbonyl (C=O) groups excluding carboxylic acids is 2. The van der Waals surface area contributed by atoms with E-state index in [0.717, 1.165) is 5.56 Å². The maximum absolute atomic E-state index is 11.4. The number of H-pyrrole nitrogens is 1. The average Bonchev–Trinajstić information content (AvgIpc) is 2.96. The van der Waals surface area contributed by atoms with Gasteiger partial charge in [-0.25, -0.2) is 4.98 Å². The number of primary amides is 1. The van der Waals surface area contributed by atoms with Gasteiger partial charge in [0.2, 0.25) is 5.91 Å². The van der Waals surface area contributed by atoms with E-state index in [9.17, 15) is 9.59 Å². The van der Waals surface area contributed by atoms with Crippen molar-refractivity contribution >= 4 is 40.0 Å². The number of thioether (sulfide) groups is 1. The number of anilines is 1. The molecule has 0 aliphatic carbocycles. The lowest BCUT2D eigenvalue weighted by Gasteiger charge is -1.97. The van der Waals surface area contributed by atoms with Crippen LogP contribution >= 0.6 is 23.1 Å². The zero-order valence-electron chi connectivity index (χ0n) is 10.1. The Morgan fingerprint density at radius 2 is 2.37 bits per heavy atom. The number of hydrogen-bond donors (Lipinski definition) is 3. The molecule has 2 heterocycles. The number of hydrogen-bond acceptors (Lipinski definition) is 5. The van der Waals surface area contributed by atoms with Crippen LogP contribution in [-0.4, -0.2) is 33.8 Å². The molecule has 0 saturated carbocycles. The molecule has 0 saturated heterocycles. The van der Waals surface area contributed by atoms with E-state index in [-0.39, 0.29) is 5.91 Å². The molecule has 100 valence electrons. The SMILES string of the molecule is CSCC(=O)Nc1nc(-c2c[nH]c(C(N)=O)c2)cs1. The minimum Gasteiger partial charge on any atom is -0.364 e. The Balaban J connectivity index is 2.11. The third-order valence-corrected chi connectivity index (χ3v) is 3.58. The smallest absolute Gasteiger partial charge is 0.265 e. The summed E-state index contributed by atoms with van der Waals surface area (Å²) in [4.78, 5) is 29.5. The van der Waals surface area contributed by atoms with Crippen LogP contribution in [0.2, 0.25) is 0 Å². The molecule has 0 spiro atoms. The molecule has 2 aromatic rings. The second kappa shape index (κ2) is 5.89. The number of aromatic nitrogens is 2. The number of thiazole rings is 1. The summed E-state index contributed by atoms with van der Waals surface area (Å²) >= 11 is 2.78. The zero-order chi connectivity index (χ0) is 13.8. The highest BCUT2D eigenvalue weighted by Gasteiger charge is 2.10. The van der Waals surface area contributed by atoms with Crippen molar-refractivity contribution in [3.05, 3.63) is 23.3 Å². The fourth-order valence-corrected chi connectivity index (χ4v) is 2.50. The molecular formula is C11H12N4O2S2. The minimum atomic E-state index is -0.519. The third kappa shape index (κ3) is 3.36. The summed E-state index contributed by atoms with van der Waals surface area (Å²) in [5.41, 5.74) is 6.94. The first-order valence-electron chi connectivity index (χ1n) is 5.33. The van der Waals surface area contributed by atoms with Crippen molar-refractivity contribution in [2.75, 3.05) is 17.3 Å². The Labute approximate surface area is 117 Å². The van der Waals surface area contributed by atoms with Crippen molar-refractivity contribution in [1.82, 2.24) is 9.97 Å². The summed E-state index contributed by atoms with van der Waals surface area (Å²) in [6.07, 6.45) is 3.51. The lowest BCUT2D eigenvalue weighted by atomic mass is 10.2. The first kappa shape index (κ1) is 13.6. The van der Waals surface area contributed by atoms with Gasteiger partial charge >= 0.3 is 0 Å². The minimum absolute atomic E-state index is 0.0831. The van der Waals surface area contributed by atoms with Crippen molar-refractivity contribution in [2.24, 2.45) is 5.73 Å². The van der Waals surface area contributed by atoms with Gasteiger partial charge in [0, 0.05) is 17.1 Å². The van der Waals surface area contributed by atoms with Crippen LogP contribution in [0, 0.1) is 0 Å². The predicted molar refractivity (Wildman–Crippen MR) is 77.4 cm³/mol. The first-order chi connectivity index (χ1) is 9.10. The molecule has 0 aromatic carbocycles. The van der Waals surface area contributed by atoms with Crippen LogP contribution in [0.15, 0.2) is 17.6 Å². The lowest BCUT2D eigenvalue weighted by molar-refractivity contribution is -0.113. The van der Waals surface area contributed by atoms with Crippen molar-refractivity contribution in [3.8, 4) is 11.3 Å². The van der Waals surface area contributed by atoms with Crippen LogP contribution in [-0.2, 0) is 4.79 Å². The largest absolute Gasteiger partial charge is 0.364 e. The molecule has 6 nitrogen and oxygen atoms in total. The maximum Gasteiger partial charge on any atom is 0.265 e. The molecule has 0 unspecified atom stereocenters. The highest BCUT2D eigenvalue weighted by molar-refractivity contribution is 7.99. The van der Waals surface area contributed by atoms with Gasteiger partial charge in [-0.15, -0.1) is 11.3 Å². The van der Waals surface area contributed by atoms with E-state index in [1.807, 2.05) is 11.6 Å². The fraction of sp³-hybridized carbons (Fsp3) is 0.182. The molecule has 0 fully saturated rings. The summed E-state index contributed by atoms with van der Waals surface area (Å²) in [6, 6.07) is 1.63. The molecule has 0 aliphatic heterocycles. The van der Waals surface area contributed by atoms with Crippen molar-refractivity contribution in [3.63, 3.8) is 0 Å². The first-order valence-corrected chi connectivity index (χ1v) is 7.60. The average molecular weight is 296 g/mol. The number of rotatable bonds is 5. The Kier molecular flexibility index (Phi) is 4.23. The van der Waals surface area contributed by atoms with Crippen molar-refractivity contribution in [2.45, 2.75) is 0 Å². The lowest BCUT2D eigenvalue weighted by Crippen LogP contribution is -2.13. The van der Waals surface area contributed by atoms with E-state index < -0.39 is 5.91 Å². The molecular weight excluding hydrogens is 284 g/mol. The molecule has 4 N–H and O–H groups in total. The normalized spacial score (nSPS) is 10.4. The predicted octanol–water partition coefficient (Wildman–Crippen LogP) is 1.54. The van der Waals surface area contributed by atoms with Crippen LogP contribution < -0.4 is 11.1 Å². The van der Waals surface area contributed by atoms with E-state index in [4.69, 9.17) is 5.73 Å². The molecule has 0 atom stereocenters. The van der Waals surface area contributed by atoms with Gasteiger partial charge in [-0.05, 0) is 12.3 Å². The van der Waals surface area contributed by atoms with Gasteiger partial charge in [0.15, 0.2) is 5.13 Å². The van der Waals surface area contributed by atoms with Crippen LogP contribution in [0.3, 0.4) is 0 Å². The van der Waals surface area contributed by atoms with Gasteiger partial charge in [0.1, 0.15) is 5.69 Å². The molecule has 8 heteroatoms. The van der Waals surface area contributed by atoms with Gasteiger partial charge < -0.3 is 16.0 Å². The van der Waals surface area contributed by atoms with Crippen LogP contribution in [0.1, 0.15) is 10.5 Å².